The average molecular weight is 314 g/mol. The Morgan fingerprint density at radius 3 is 2.24 bits per heavy atom. The quantitative estimate of drug-likeness (QED) is 0.654. The Balaban J connectivity index is 2.01. The summed E-state index contributed by atoms with van der Waals surface area (Å²) >= 11 is 0. The second kappa shape index (κ2) is 6.29. The molecule has 118 valence electrons. The molecule has 2 aliphatic rings. The van der Waals surface area contributed by atoms with Crippen LogP contribution in [0, 0.1) is 17.8 Å². The van der Waals surface area contributed by atoms with E-state index in [2.05, 4.69) is 17.9 Å². The number of carboxylic acids is 1. The first-order chi connectivity index (χ1) is 9.89. The zero-order valence-corrected chi connectivity index (χ0v) is 12.8. The summed E-state index contributed by atoms with van der Waals surface area (Å²) in [6.45, 7) is 7.57. The lowest BCUT2D eigenvalue weighted by molar-refractivity contribution is -0.143. The lowest BCUT2D eigenvalue weighted by Crippen LogP contribution is -2.48. The predicted octanol–water partition coefficient (Wildman–Crippen LogP) is 0.994. The maximum Gasteiger partial charge on any atom is 0.306 e. The molecule has 2 fully saturated rings. The lowest BCUT2D eigenvalue weighted by atomic mass is 9.86. The summed E-state index contributed by atoms with van der Waals surface area (Å²) in [7, 11) is -3.60. The molecule has 0 aromatic carbocycles. The van der Waals surface area contributed by atoms with Crippen molar-refractivity contribution in [1.82, 2.24) is 9.03 Å². The topological polar surface area (TPSA) is 86.7 Å². The third-order valence-corrected chi connectivity index (χ3v) is 6.06. The smallest absolute Gasteiger partial charge is 0.306 e. The molecule has 21 heavy (non-hydrogen) atoms. The highest BCUT2D eigenvalue weighted by atomic mass is 32.2. The summed E-state index contributed by atoms with van der Waals surface area (Å²) in [4.78, 5) is 11.1. The number of carboxylic acid groups (broad SMARTS) is 1. The first-order valence-electron chi connectivity index (χ1n) is 7.11. The van der Waals surface area contributed by atoms with E-state index in [1.165, 1.54) is 16.5 Å². The first-order valence-corrected chi connectivity index (χ1v) is 8.55. The van der Waals surface area contributed by atoms with Crippen LogP contribution in [0.15, 0.2) is 25.3 Å². The Morgan fingerprint density at radius 1 is 1.19 bits per heavy atom. The largest absolute Gasteiger partial charge is 0.481 e. The standard InChI is InChI=1S/C14H22N2O4S/c1-3-5-16(6-4-2)21(19,20)15-13-9-10-7-11(13)8-12(10)14(17)18/h3-4,10-13,15H,1-2,5-9H2,(H,17,18)/t10-,11-,12-,13-/m1/s1. The Kier molecular flexibility index (Phi) is 4.85. The molecular formula is C14H22N2O4S. The van der Waals surface area contributed by atoms with E-state index < -0.39 is 16.2 Å². The van der Waals surface area contributed by atoms with Crippen molar-refractivity contribution >= 4 is 16.2 Å². The molecular weight excluding hydrogens is 292 g/mol. The van der Waals surface area contributed by atoms with Gasteiger partial charge in [-0.3, -0.25) is 4.79 Å². The summed E-state index contributed by atoms with van der Waals surface area (Å²) in [5, 5.41) is 9.11. The molecule has 2 rings (SSSR count). The molecule has 0 amide bonds. The fourth-order valence-corrected chi connectivity index (χ4v) is 4.97. The highest BCUT2D eigenvalue weighted by molar-refractivity contribution is 7.87. The fraction of sp³-hybridized carbons (Fsp3) is 0.643. The first kappa shape index (κ1) is 16.2. The second-order valence-corrected chi connectivity index (χ2v) is 7.50. The average Bonchev–Trinajstić information content (AvgIpc) is 2.97. The molecule has 4 atom stereocenters. The maximum atomic E-state index is 12.4. The highest BCUT2D eigenvalue weighted by Gasteiger charge is 2.49. The van der Waals surface area contributed by atoms with Crippen LogP contribution in [-0.2, 0) is 15.0 Å². The fourth-order valence-electron chi connectivity index (χ4n) is 3.55. The Hall–Kier alpha value is -1.18. The van der Waals surface area contributed by atoms with E-state index in [9.17, 15) is 13.2 Å². The number of hydrogen-bond acceptors (Lipinski definition) is 3. The van der Waals surface area contributed by atoms with Crippen molar-refractivity contribution in [2.75, 3.05) is 13.1 Å². The van der Waals surface area contributed by atoms with Gasteiger partial charge in [0.05, 0.1) is 5.92 Å². The molecule has 2 N–H and O–H groups in total. The monoisotopic (exact) mass is 314 g/mol. The minimum absolute atomic E-state index is 0.0902. The normalized spacial score (nSPS) is 31.5. The molecule has 0 aliphatic heterocycles. The van der Waals surface area contributed by atoms with Crippen LogP contribution >= 0.6 is 0 Å². The summed E-state index contributed by atoms with van der Waals surface area (Å²) in [6, 6.07) is -0.160. The van der Waals surface area contributed by atoms with Crippen LogP contribution in [0.25, 0.3) is 0 Å². The number of nitrogens with one attached hydrogen (secondary N) is 1. The summed E-state index contributed by atoms with van der Waals surface area (Å²) in [5.74, 6) is -0.857. The van der Waals surface area contributed by atoms with Gasteiger partial charge in [0.2, 0.25) is 0 Å². The second-order valence-electron chi connectivity index (χ2n) is 5.80. The minimum atomic E-state index is -3.60. The molecule has 0 saturated heterocycles. The van der Waals surface area contributed by atoms with Gasteiger partial charge in [0, 0.05) is 19.1 Å². The molecule has 0 spiro atoms. The molecule has 2 aliphatic carbocycles. The maximum absolute atomic E-state index is 12.4. The van der Waals surface area contributed by atoms with Crippen molar-refractivity contribution < 1.29 is 18.3 Å². The van der Waals surface area contributed by atoms with Gasteiger partial charge in [0.25, 0.3) is 10.2 Å². The van der Waals surface area contributed by atoms with Crippen LogP contribution < -0.4 is 4.72 Å². The highest BCUT2D eigenvalue weighted by Crippen LogP contribution is 2.48. The number of rotatable bonds is 8. The molecule has 0 radical (unpaired) electrons. The van der Waals surface area contributed by atoms with Gasteiger partial charge < -0.3 is 5.11 Å². The van der Waals surface area contributed by atoms with E-state index >= 15 is 0 Å². The van der Waals surface area contributed by atoms with Gasteiger partial charge in [-0.2, -0.15) is 17.4 Å². The predicted molar refractivity (Wildman–Crippen MR) is 79.8 cm³/mol. The van der Waals surface area contributed by atoms with Crippen molar-refractivity contribution in [2.24, 2.45) is 17.8 Å². The zero-order chi connectivity index (χ0) is 15.6. The van der Waals surface area contributed by atoms with Crippen molar-refractivity contribution in [3.8, 4) is 0 Å². The van der Waals surface area contributed by atoms with E-state index in [0.29, 0.717) is 12.8 Å². The molecule has 2 bridgehead atoms. The van der Waals surface area contributed by atoms with Gasteiger partial charge in [-0.05, 0) is 31.1 Å². The van der Waals surface area contributed by atoms with Gasteiger partial charge in [0.15, 0.2) is 0 Å². The number of fused-ring (bicyclic) bond motifs is 2. The van der Waals surface area contributed by atoms with Crippen LogP contribution in [0.2, 0.25) is 0 Å². The van der Waals surface area contributed by atoms with Crippen LogP contribution in [-0.4, -0.2) is 42.9 Å². The molecule has 0 heterocycles. The van der Waals surface area contributed by atoms with E-state index in [4.69, 9.17) is 5.11 Å². The van der Waals surface area contributed by atoms with E-state index in [1.807, 2.05) is 0 Å². The summed E-state index contributed by atoms with van der Waals surface area (Å²) in [5.41, 5.74) is 0. The SMILES string of the molecule is C=CCN(CC=C)S(=O)(=O)N[C@@H]1C[C@H]2C[C@@H]1C[C@H]2C(=O)O. The minimum Gasteiger partial charge on any atom is -0.481 e. The number of hydrogen-bond donors (Lipinski definition) is 2. The third-order valence-electron chi connectivity index (χ3n) is 4.48. The molecule has 6 nitrogen and oxygen atoms in total. The number of nitrogens with zero attached hydrogens (tertiary/aromatic N) is 1. The Labute approximate surface area is 125 Å². The van der Waals surface area contributed by atoms with Crippen LogP contribution in [0.5, 0.6) is 0 Å². The van der Waals surface area contributed by atoms with E-state index in [-0.39, 0.29) is 36.9 Å². The van der Waals surface area contributed by atoms with Crippen molar-refractivity contribution in [3.05, 3.63) is 25.3 Å². The van der Waals surface area contributed by atoms with Gasteiger partial charge in [-0.15, -0.1) is 13.2 Å². The number of carbonyl (C=O) groups is 1. The van der Waals surface area contributed by atoms with Gasteiger partial charge in [-0.25, -0.2) is 0 Å². The molecule has 0 unspecified atom stereocenters. The van der Waals surface area contributed by atoms with E-state index in [0.717, 1.165) is 6.42 Å². The van der Waals surface area contributed by atoms with Crippen LogP contribution in [0.3, 0.4) is 0 Å². The molecule has 0 aromatic rings. The van der Waals surface area contributed by atoms with Gasteiger partial charge in [0.1, 0.15) is 0 Å². The zero-order valence-electron chi connectivity index (χ0n) is 11.9. The third kappa shape index (κ3) is 3.36. The molecule has 7 heteroatoms. The summed E-state index contributed by atoms with van der Waals surface area (Å²) in [6.07, 6.45) is 5.04. The number of aliphatic carboxylic acids is 1. The van der Waals surface area contributed by atoms with Crippen molar-refractivity contribution in [2.45, 2.75) is 25.3 Å². The van der Waals surface area contributed by atoms with E-state index in [1.54, 1.807) is 0 Å². The molecule has 0 aromatic heterocycles. The Morgan fingerprint density at radius 2 is 1.81 bits per heavy atom. The van der Waals surface area contributed by atoms with Crippen LogP contribution in [0.4, 0.5) is 0 Å². The molecule has 2 saturated carbocycles. The summed E-state index contributed by atoms with van der Waals surface area (Å²) < 4.78 is 28.7. The van der Waals surface area contributed by atoms with Crippen molar-refractivity contribution in [1.29, 1.82) is 0 Å². The van der Waals surface area contributed by atoms with Gasteiger partial charge >= 0.3 is 5.97 Å². The Bertz CT molecular complexity index is 521. The van der Waals surface area contributed by atoms with Gasteiger partial charge in [-0.1, -0.05) is 12.2 Å². The lowest BCUT2D eigenvalue weighted by Gasteiger charge is -2.28. The van der Waals surface area contributed by atoms with Crippen molar-refractivity contribution in [3.63, 3.8) is 0 Å². The van der Waals surface area contributed by atoms with Crippen LogP contribution in [0.1, 0.15) is 19.3 Å².